The van der Waals surface area contributed by atoms with Crippen molar-refractivity contribution in [3.63, 3.8) is 0 Å². The summed E-state index contributed by atoms with van der Waals surface area (Å²) >= 11 is 5.94. The van der Waals surface area contributed by atoms with Gasteiger partial charge in [-0.1, -0.05) is 35.9 Å². The van der Waals surface area contributed by atoms with E-state index >= 15 is 0 Å². The van der Waals surface area contributed by atoms with Gasteiger partial charge < -0.3 is 23.9 Å². The number of aromatic amines is 1. The summed E-state index contributed by atoms with van der Waals surface area (Å²) in [6.45, 7) is 1.41. The predicted molar refractivity (Wildman–Crippen MR) is 132 cm³/mol. The highest BCUT2D eigenvalue weighted by atomic mass is 35.5. The molecule has 6 nitrogen and oxygen atoms in total. The van der Waals surface area contributed by atoms with Crippen LogP contribution in [0, 0.1) is 0 Å². The number of nitrogens with one attached hydrogen (secondary N) is 1. The number of hydrogen-bond donors (Lipinski definition) is 1. The van der Waals surface area contributed by atoms with Crippen LogP contribution in [0.25, 0.3) is 10.9 Å². The van der Waals surface area contributed by atoms with Gasteiger partial charge in [0.25, 0.3) is 0 Å². The number of rotatable bonds is 11. The van der Waals surface area contributed by atoms with E-state index in [2.05, 4.69) is 4.98 Å². The van der Waals surface area contributed by atoms with Gasteiger partial charge >= 0.3 is 5.97 Å². The van der Waals surface area contributed by atoms with Gasteiger partial charge in [0.1, 0.15) is 12.4 Å². The van der Waals surface area contributed by atoms with E-state index in [1.54, 1.807) is 0 Å². The molecular weight excluding hydrogens is 454 g/mol. The molecule has 1 N–H and O–H groups in total. The first-order valence-electron chi connectivity index (χ1n) is 11.0. The lowest BCUT2D eigenvalue weighted by atomic mass is 10.1. The standard InChI is InChI=1S/C27H26ClNO5/c1-31-27(30)15-20-17-29-24-12-11-22(16-23(20)24)32-13-4-14-33-25-5-2-3-6-26(25)34-18-19-7-9-21(28)10-8-19/h2-3,5-12,16-17,29H,4,13-15,18H2,1H3. The quantitative estimate of drug-likeness (QED) is 0.212. The Hall–Kier alpha value is -3.64. The van der Waals surface area contributed by atoms with Crippen LogP contribution < -0.4 is 14.2 Å². The molecule has 4 aromatic rings. The van der Waals surface area contributed by atoms with Crippen molar-refractivity contribution >= 4 is 28.5 Å². The van der Waals surface area contributed by atoms with Gasteiger partial charge in [-0.15, -0.1) is 0 Å². The van der Waals surface area contributed by atoms with E-state index in [4.69, 9.17) is 30.5 Å². The number of H-pyrrole nitrogens is 1. The first-order valence-corrected chi connectivity index (χ1v) is 11.4. The van der Waals surface area contributed by atoms with Gasteiger partial charge in [0.2, 0.25) is 0 Å². The molecular formula is C27H26ClNO5. The lowest BCUT2D eigenvalue weighted by Crippen LogP contribution is -2.06. The molecule has 0 aliphatic heterocycles. The Morgan fingerprint density at radius 1 is 0.912 bits per heavy atom. The molecule has 0 saturated carbocycles. The molecule has 0 radical (unpaired) electrons. The van der Waals surface area contributed by atoms with E-state index in [0.29, 0.717) is 42.8 Å². The fourth-order valence-corrected chi connectivity index (χ4v) is 3.61. The topological polar surface area (TPSA) is 69.8 Å². The summed E-state index contributed by atoms with van der Waals surface area (Å²) in [6, 6.07) is 21.0. The molecule has 0 saturated heterocycles. The number of carbonyl (C=O) groups is 1. The Kier molecular flexibility index (Phi) is 7.94. The molecule has 0 unspecified atom stereocenters. The summed E-state index contributed by atoms with van der Waals surface area (Å²) < 4.78 is 22.5. The number of methoxy groups -OCH3 is 1. The molecule has 0 fully saturated rings. The molecule has 34 heavy (non-hydrogen) atoms. The van der Waals surface area contributed by atoms with Gasteiger partial charge in [-0.25, -0.2) is 0 Å². The summed E-state index contributed by atoms with van der Waals surface area (Å²) in [4.78, 5) is 14.8. The van der Waals surface area contributed by atoms with Gasteiger partial charge in [0, 0.05) is 28.5 Å². The summed E-state index contributed by atoms with van der Waals surface area (Å²) in [5.74, 6) is 1.85. The highest BCUT2D eigenvalue weighted by Gasteiger charge is 2.10. The lowest BCUT2D eigenvalue weighted by molar-refractivity contribution is -0.139. The Morgan fingerprint density at radius 2 is 1.65 bits per heavy atom. The van der Waals surface area contributed by atoms with Gasteiger partial charge in [-0.05, 0) is 53.6 Å². The average Bonchev–Trinajstić information content (AvgIpc) is 3.26. The summed E-state index contributed by atoms with van der Waals surface area (Å²) in [6.07, 6.45) is 2.74. The Morgan fingerprint density at radius 3 is 2.41 bits per heavy atom. The smallest absolute Gasteiger partial charge is 0.310 e. The summed E-state index contributed by atoms with van der Waals surface area (Å²) in [5, 5.41) is 1.65. The van der Waals surface area contributed by atoms with Crippen molar-refractivity contribution in [3.8, 4) is 17.2 Å². The van der Waals surface area contributed by atoms with Crippen LogP contribution in [0.5, 0.6) is 17.2 Å². The normalized spacial score (nSPS) is 10.8. The molecule has 0 atom stereocenters. The molecule has 0 spiro atoms. The van der Waals surface area contributed by atoms with Crippen molar-refractivity contribution in [2.45, 2.75) is 19.4 Å². The molecule has 176 valence electrons. The maximum absolute atomic E-state index is 11.6. The van der Waals surface area contributed by atoms with Crippen molar-refractivity contribution < 1.29 is 23.7 Å². The van der Waals surface area contributed by atoms with Gasteiger partial charge in [-0.3, -0.25) is 4.79 Å². The van der Waals surface area contributed by atoms with Crippen LogP contribution in [0.2, 0.25) is 5.02 Å². The van der Waals surface area contributed by atoms with Crippen LogP contribution in [-0.2, 0) is 22.6 Å². The zero-order valence-corrected chi connectivity index (χ0v) is 19.6. The third-order valence-electron chi connectivity index (χ3n) is 5.27. The zero-order chi connectivity index (χ0) is 23.8. The number of benzene rings is 3. The maximum atomic E-state index is 11.6. The lowest BCUT2D eigenvalue weighted by Gasteiger charge is -2.13. The monoisotopic (exact) mass is 479 g/mol. The van der Waals surface area contributed by atoms with Crippen LogP contribution in [-0.4, -0.2) is 31.3 Å². The molecule has 0 aliphatic carbocycles. The van der Waals surface area contributed by atoms with Gasteiger partial charge in [0.15, 0.2) is 11.5 Å². The van der Waals surface area contributed by atoms with E-state index in [1.165, 1.54) is 7.11 Å². The third kappa shape index (κ3) is 6.23. The largest absolute Gasteiger partial charge is 0.493 e. The van der Waals surface area contributed by atoms with Crippen molar-refractivity contribution in [3.05, 3.63) is 89.1 Å². The molecule has 1 heterocycles. The van der Waals surface area contributed by atoms with E-state index in [9.17, 15) is 4.79 Å². The molecule has 1 aromatic heterocycles. The van der Waals surface area contributed by atoms with Crippen molar-refractivity contribution in [2.24, 2.45) is 0 Å². The minimum absolute atomic E-state index is 0.216. The van der Waals surface area contributed by atoms with Crippen LogP contribution >= 0.6 is 11.6 Å². The fraction of sp³-hybridized carbons (Fsp3) is 0.222. The molecule has 7 heteroatoms. The number of carbonyl (C=O) groups excluding carboxylic acids is 1. The minimum atomic E-state index is -0.276. The Bertz CT molecular complexity index is 1240. The molecule has 0 aliphatic rings. The van der Waals surface area contributed by atoms with E-state index in [-0.39, 0.29) is 12.4 Å². The molecule has 0 bridgehead atoms. The maximum Gasteiger partial charge on any atom is 0.310 e. The van der Waals surface area contributed by atoms with Gasteiger partial charge in [0.05, 0.1) is 26.7 Å². The van der Waals surface area contributed by atoms with E-state index in [0.717, 1.165) is 27.8 Å². The summed E-state index contributed by atoms with van der Waals surface area (Å²) in [5.41, 5.74) is 2.86. The first-order chi connectivity index (χ1) is 16.6. The Labute approximate surface area is 203 Å². The number of esters is 1. The number of halogens is 1. The Balaban J connectivity index is 1.26. The number of fused-ring (bicyclic) bond motifs is 1. The number of hydrogen-bond acceptors (Lipinski definition) is 5. The van der Waals surface area contributed by atoms with Gasteiger partial charge in [-0.2, -0.15) is 0 Å². The third-order valence-corrected chi connectivity index (χ3v) is 5.53. The number of para-hydroxylation sites is 2. The van der Waals surface area contributed by atoms with Crippen LogP contribution in [0.1, 0.15) is 17.5 Å². The zero-order valence-electron chi connectivity index (χ0n) is 18.9. The minimum Gasteiger partial charge on any atom is -0.493 e. The second-order valence-corrected chi connectivity index (χ2v) is 8.12. The van der Waals surface area contributed by atoms with E-state index in [1.807, 2.05) is 72.9 Å². The average molecular weight is 480 g/mol. The van der Waals surface area contributed by atoms with Crippen molar-refractivity contribution in [2.75, 3.05) is 20.3 Å². The van der Waals surface area contributed by atoms with Crippen molar-refractivity contribution in [1.29, 1.82) is 0 Å². The van der Waals surface area contributed by atoms with Crippen LogP contribution in [0.4, 0.5) is 0 Å². The SMILES string of the molecule is COC(=O)Cc1c[nH]c2ccc(OCCCOc3ccccc3OCc3ccc(Cl)cc3)cc12. The molecule has 4 rings (SSSR count). The fourth-order valence-electron chi connectivity index (χ4n) is 3.48. The van der Waals surface area contributed by atoms with Crippen LogP contribution in [0.15, 0.2) is 72.9 Å². The summed E-state index contributed by atoms with van der Waals surface area (Å²) in [7, 11) is 1.39. The van der Waals surface area contributed by atoms with Crippen molar-refractivity contribution in [1.82, 2.24) is 4.98 Å². The highest BCUT2D eigenvalue weighted by molar-refractivity contribution is 6.30. The second kappa shape index (κ2) is 11.5. The molecule has 3 aromatic carbocycles. The molecule has 0 amide bonds. The number of aromatic nitrogens is 1. The second-order valence-electron chi connectivity index (χ2n) is 7.69. The highest BCUT2D eigenvalue weighted by Crippen LogP contribution is 2.28. The van der Waals surface area contributed by atoms with Crippen LogP contribution in [0.3, 0.4) is 0 Å². The first kappa shape index (κ1) is 23.5. The van der Waals surface area contributed by atoms with E-state index < -0.39 is 0 Å². The predicted octanol–water partition coefficient (Wildman–Crippen LogP) is 5.96. The number of ether oxygens (including phenoxy) is 4.